The van der Waals surface area contributed by atoms with Crippen LogP contribution in [-0.4, -0.2) is 19.1 Å². The molecule has 0 radical (unpaired) electrons. The van der Waals surface area contributed by atoms with E-state index in [1.54, 1.807) is 0 Å². The van der Waals surface area contributed by atoms with E-state index in [1.807, 2.05) is 66.7 Å². The highest BCUT2D eigenvalue weighted by molar-refractivity contribution is 6.33. The van der Waals surface area contributed by atoms with E-state index in [0.717, 1.165) is 66.8 Å². The van der Waals surface area contributed by atoms with Crippen LogP contribution in [0.4, 0.5) is 17.1 Å². The average Bonchev–Trinajstić information content (AvgIpc) is 3.27. The Bertz CT molecular complexity index is 1550. The molecule has 5 nitrogen and oxygen atoms in total. The topological polar surface area (TPSA) is 50.8 Å². The standard InChI is InChI=1S/C34H33ClN2O3/c1-3-5-18-37(19-6-4-2)24-16-17-27-31(20-24)39-32-22-29(35)30(36-23-12-8-7-9-13-23)21-28(32)34(27)26-15-11-10-14-25(26)33(38)40-34/h7-17,20-22,36H,3-6,18-19H2,1-2H3/t34-/m0/s1. The molecule has 0 unspecified atom stereocenters. The molecule has 1 N–H and O–H groups in total. The Morgan fingerprint density at radius 2 is 1.50 bits per heavy atom. The summed E-state index contributed by atoms with van der Waals surface area (Å²) in [6, 6.07) is 27.5. The predicted molar refractivity (Wildman–Crippen MR) is 161 cm³/mol. The molecule has 1 spiro atoms. The van der Waals surface area contributed by atoms with Crippen LogP contribution in [0.2, 0.25) is 5.02 Å². The average molecular weight is 553 g/mol. The SMILES string of the molecule is CCCCN(CCCC)c1ccc2c(c1)Oc1cc(Cl)c(Nc3ccccc3)cc1[C@@]21OC(=O)c2ccccc21. The fraction of sp³-hybridized carbons (Fsp3) is 0.265. The van der Waals surface area contributed by atoms with E-state index in [1.165, 1.54) is 0 Å². The molecule has 40 heavy (non-hydrogen) atoms. The van der Waals surface area contributed by atoms with Gasteiger partial charge >= 0.3 is 5.97 Å². The third-order valence-corrected chi connectivity index (χ3v) is 8.08. The van der Waals surface area contributed by atoms with Gasteiger partial charge in [-0.2, -0.15) is 0 Å². The molecular weight excluding hydrogens is 520 g/mol. The zero-order valence-electron chi connectivity index (χ0n) is 22.9. The van der Waals surface area contributed by atoms with Crippen LogP contribution in [0.25, 0.3) is 0 Å². The Morgan fingerprint density at radius 1 is 0.800 bits per heavy atom. The molecule has 6 rings (SSSR count). The molecule has 204 valence electrons. The molecule has 0 saturated carbocycles. The number of ether oxygens (including phenoxy) is 2. The first-order valence-corrected chi connectivity index (χ1v) is 14.5. The zero-order valence-corrected chi connectivity index (χ0v) is 23.6. The van der Waals surface area contributed by atoms with Crippen LogP contribution < -0.4 is 15.0 Å². The lowest BCUT2D eigenvalue weighted by molar-refractivity contribution is 0.0224. The van der Waals surface area contributed by atoms with Crippen molar-refractivity contribution in [2.45, 2.75) is 45.1 Å². The van der Waals surface area contributed by atoms with Crippen LogP contribution in [0.1, 0.15) is 66.6 Å². The minimum atomic E-state index is -1.15. The Labute approximate surface area is 240 Å². The highest BCUT2D eigenvalue weighted by atomic mass is 35.5. The van der Waals surface area contributed by atoms with Gasteiger partial charge in [0.25, 0.3) is 0 Å². The van der Waals surface area contributed by atoms with Crippen molar-refractivity contribution < 1.29 is 14.3 Å². The van der Waals surface area contributed by atoms with Crippen molar-refractivity contribution in [2.75, 3.05) is 23.3 Å². The lowest BCUT2D eigenvalue weighted by Crippen LogP contribution is -2.33. The van der Waals surface area contributed by atoms with E-state index in [-0.39, 0.29) is 5.97 Å². The minimum Gasteiger partial charge on any atom is -0.456 e. The highest BCUT2D eigenvalue weighted by Crippen LogP contribution is 2.57. The number of rotatable bonds is 9. The summed E-state index contributed by atoms with van der Waals surface area (Å²) in [6.07, 6.45) is 4.49. The predicted octanol–water partition coefficient (Wildman–Crippen LogP) is 9.06. The monoisotopic (exact) mass is 552 g/mol. The van der Waals surface area contributed by atoms with Gasteiger partial charge in [0, 0.05) is 53.3 Å². The number of halogens is 1. The van der Waals surface area contributed by atoms with Crippen molar-refractivity contribution in [1.82, 2.24) is 0 Å². The number of para-hydroxylation sites is 1. The van der Waals surface area contributed by atoms with Crippen LogP contribution in [0.3, 0.4) is 0 Å². The van der Waals surface area contributed by atoms with Gasteiger partial charge in [-0.3, -0.25) is 0 Å². The number of benzene rings is 4. The normalized spacial score (nSPS) is 16.5. The first-order chi connectivity index (χ1) is 19.5. The Kier molecular flexibility index (Phi) is 7.16. The molecule has 2 aliphatic heterocycles. The number of unbranched alkanes of at least 4 members (excludes halogenated alkanes) is 2. The Balaban J connectivity index is 1.51. The number of hydrogen-bond donors (Lipinski definition) is 1. The van der Waals surface area contributed by atoms with Crippen LogP contribution in [0.5, 0.6) is 11.5 Å². The van der Waals surface area contributed by atoms with E-state index >= 15 is 0 Å². The number of anilines is 3. The van der Waals surface area contributed by atoms with Gasteiger partial charge in [0.15, 0.2) is 5.60 Å². The summed E-state index contributed by atoms with van der Waals surface area (Å²) in [5, 5.41) is 3.93. The quantitative estimate of drug-likeness (QED) is 0.210. The lowest BCUT2D eigenvalue weighted by Gasteiger charge is -2.37. The summed E-state index contributed by atoms with van der Waals surface area (Å²) in [5.74, 6) is 0.900. The van der Waals surface area contributed by atoms with Gasteiger partial charge in [-0.1, -0.05) is 74.7 Å². The number of nitrogens with one attached hydrogen (secondary N) is 1. The summed E-state index contributed by atoms with van der Waals surface area (Å²) in [7, 11) is 0. The maximum atomic E-state index is 13.3. The van der Waals surface area contributed by atoms with Gasteiger partial charge in [-0.25, -0.2) is 4.79 Å². The second kappa shape index (κ2) is 10.9. The second-order valence-electron chi connectivity index (χ2n) is 10.4. The van der Waals surface area contributed by atoms with Crippen molar-refractivity contribution in [3.05, 3.63) is 112 Å². The van der Waals surface area contributed by atoms with Crippen molar-refractivity contribution in [1.29, 1.82) is 0 Å². The maximum absolute atomic E-state index is 13.3. The zero-order chi connectivity index (χ0) is 27.7. The summed E-state index contributed by atoms with van der Waals surface area (Å²) in [4.78, 5) is 15.7. The summed E-state index contributed by atoms with van der Waals surface area (Å²) in [6.45, 7) is 6.39. The van der Waals surface area contributed by atoms with Crippen molar-refractivity contribution in [2.24, 2.45) is 0 Å². The fourth-order valence-corrected chi connectivity index (χ4v) is 5.92. The number of carbonyl (C=O) groups excluding carboxylic acids is 1. The van der Waals surface area contributed by atoms with E-state index in [0.29, 0.717) is 27.8 Å². The first kappa shape index (κ1) is 26.3. The van der Waals surface area contributed by atoms with Crippen LogP contribution >= 0.6 is 11.6 Å². The maximum Gasteiger partial charge on any atom is 0.340 e. The molecule has 2 heterocycles. The smallest absolute Gasteiger partial charge is 0.340 e. The van der Waals surface area contributed by atoms with E-state index in [2.05, 4.69) is 42.3 Å². The molecular formula is C34H33ClN2O3. The molecule has 6 heteroatoms. The molecule has 0 aromatic heterocycles. The fourth-order valence-electron chi connectivity index (χ4n) is 5.72. The van der Waals surface area contributed by atoms with Gasteiger partial charge in [-0.05, 0) is 49.2 Å². The molecule has 0 amide bonds. The highest BCUT2D eigenvalue weighted by Gasteiger charge is 2.53. The van der Waals surface area contributed by atoms with Crippen LogP contribution in [-0.2, 0) is 10.3 Å². The number of carbonyl (C=O) groups is 1. The van der Waals surface area contributed by atoms with E-state index in [4.69, 9.17) is 21.1 Å². The van der Waals surface area contributed by atoms with Crippen LogP contribution in [0, 0.1) is 0 Å². The van der Waals surface area contributed by atoms with Crippen molar-refractivity contribution in [3.8, 4) is 11.5 Å². The van der Waals surface area contributed by atoms with Crippen LogP contribution in [0.15, 0.2) is 84.9 Å². The van der Waals surface area contributed by atoms with Crippen molar-refractivity contribution >= 4 is 34.6 Å². The summed E-state index contributed by atoms with van der Waals surface area (Å²) >= 11 is 6.80. The van der Waals surface area contributed by atoms with Gasteiger partial charge in [-0.15, -0.1) is 0 Å². The number of nitrogens with zero attached hydrogens (tertiary/aromatic N) is 1. The number of esters is 1. The molecule has 0 aliphatic carbocycles. The van der Waals surface area contributed by atoms with E-state index < -0.39 is 5.60 Å². The third kappa shape index (κ3) is 4.48. The Hall–Kier alpha value is -3.96. The number of fused-ring (bicyclic) bond motifs is 6. The first-order valence-electron chi connectivity index (χ1n) is 14.1. The summed E-state index contributed by atoms with van der Waals surface area (Å²) in [5.41, 5.74) is 4.48. The molecule has 0 saturated heterocycles. The van der Waals surface area contributed by atoms with Gasteiger partial charge in [0.2, 0.25) is 0 Å². The van der Waals surface area contributed by atoms with Gasteiger partial charge in [0.1, 0.15) is 11.5 Å². The van der Waals surface area contributed by atoms with Gasteiger partial charge < -0.3 is 19.7 Å². The Morgan fingerprint density at radius 3 is 2.25 bits per heavy atom. The summed E-state index contributed by atoms with van der Waals surface area (Å²) < 4.78 is 13.0. The molecule has 1 atom stereocenters. The molecule has 0 bridgehead atoms. The van der Waals surface area contributed by atoms with E-state index in [9.17, 15) is 4.79 Å². The molecule has 2 aliphatic rings. The second-order valence-corrected chi connectivity index (χ2v) is 10.8. The molecule has 4 aromatic carbocycles. The molecule has 4 aromatic rings. The number of hydrogen-bond acceptors (Lipinski definition) is 5. The third-order valence-electron chi connectivity index (χ3n) is 7.77. The largest absolute Gasteiger partial charge is 0.456 e. The van der Waals surface area contributed by atoms with Crippen molar-refractivity contribution in [3.63, 3.8) is 0 Å². The minimum absolute atomic E-state index is 0.349. The lowest BCUT2D eigenvalue weighted by atomic mass is 9.77. The molecule has 0 fully saturated rings. The van der Waals surface area contributed by atoms with Gasteiger partial charge in [0.05, 0.1) is 16.3 Å².